The number of aromatic nitrogens is 1. The van der Waals surface area contributed by atoms with E-state index in [1.165, 1.54) is 11.1 Å². The van der Waals surface area contributed by atoms with Crippen molar-refractivity contribution in [1.82, 2.24) is 4.98 Å². The van der Waals surface area contributed by atoms with Crippen LogP contribution in [0.5, 0.6) is 0 Å². The van der Waals surface area contributed by atoms with Crippen LogP contribution in [-0.4, -0.2) is 4.98 Å². The van der Waals surface area contributed by atoms with Gasteiger partial charge in [0.15, 0.2) is 0 Å². The molecule has 1 nitrogen and oxygen atoms in total. The zero-order chi connectivity index (χ0) is 11.9. The number of hydrogen-bond acceptors (Lipinski definition) is 1. The molecule has 0 saturated carbocycles. The maximum atomic E-state index is 4.30. The molecule has 0 spiro atoms. The molecule has 0 amide bonds. The maximum Gasteiger partial charge on any atom is 0.0658 e. The van der Waals surface area contributed by atoms with E-state index in [2.05, 4.69) is 36.2 Å². The van der Waals surface area contributed by atoms with Gasteiger partial charge in [-0.3, -0.25) is 4.98 Å². The minimum absolute atomic E-state index is 1.02. The largest absolute Gasteiger partial charge is 0.257 e. The SMILES string of the molecule is Cc1cccnc1C=CC=Cc1ccccc1. The molecule has 0 aliphatic carbocycles. The average molecular weight is 221 g/mol. The van der Waals surface area contributed by atoms with Crippen molar-refractivity contribution in [2.75, 3.05) is 0 Å². The molecule has 84 valence electrons. The highest BCUT2D eigenvalue weighted by molar-refractivity contribution is 5.56. The molecule has 17 heavy (non-hydrogen) atoms. The molecule has 1 aromatic carbocycles. The zero-order valence-electron chi connectivity index (χ0n) is 9.88. The van der Waals surface area contributed by atoms with Crippen LogP contribution < -0.4 is 0 Å². The highest BCUT2D eigenvalue weighted by Gasteiger charge is 1.90. The van der Waals surface area contributed by atoms with Gasteiger partial charge in [0.25, 0.3) is 0 Å². The van der Waals surface area contributed by atoms with Crippen LogP contribution in [0.2, 0.25) is 0 Å². The monoisotopic (exact) mass is 221 g/mol. The Balaban J connectivity index is 2.04. The Hall–Kier alpha value is -2.15. The molecule has 0 bridgehead atoms. The van der Waals surface area contributed by atoms with Crippen LogP contribution in [0.4, 0.5) is 0 Å². The fourth-order valence-electron chi connectivity index (χ4n) is 1.55. The highest BCUT2D eigenvalue weighted by atomic mass is 14.7. The molecule has 0 fully saturated rings. The smallest absolute Gasteiger partial charge is 0.0658 e. The normalized spacial score (nSPS) is 11.4. The van der Waals surface area contributed by atoms with Gasteiger partial charge in [-0.1, -0.05) is 54.6 Å². The summed E-state index contributed by atoms with van der Waals surface area (Å²) in [6, 6.07) is 14.3. The summed E-state index contributed by atoms with van der Waals surface area (Å²) < 4.78 is 0. The Morgan fingerprint density at radius 3 is 2.41 bits per heavy atom. The molecule has 2 rings (SSSR count). The summed E-state index contributed by atoms with van der Waals surface area (Å²) in [5.41, 5.74) is 3.41. The van der Waals surface area contributed by atoms with Crippen LogP contribution in [0.3, 0.4) is 0 Å². The topological polar surface area (TPSA) is 12.9 Å². The second kappa shape index (κ2) is 5.80. The highest BCUT2D eigenvalue weighted by Crippen LogP contribution is 2.06. The Morgan fingerprint density at radius 1 is 0.882 bits per heavy atom. The van der Waals surface area contributed by atoms with Crippen LogP contribution >= 0.6 is 0 Å². The van der Waals surface area contributed by atoms with Gasteiger partial charge in [0.05, 0.1) is 5.69 Å². The molecule has 0 atom stereocenters. The number of rotatable bonds is 3. The Bertz CT molecular complexity index is 524. The molecule has 1 heterocycles. The Labute approximate surface area is 102 Å². The first-order valence-electron chi connectivity index (χ1n) is 5.68. The number of benzene rings is 1. The van der Waals surface area contributed by atoms with Gasteiger partial charge in [0.2, 0.25) is 0 Å². The third kappa shape index (κ3) is 3.42. The average Bonchev–Trinajstić information content (AvgIpc) is 2.38. The number of allylic oxidation sites excluding steroid dienone is 2. The molecule has 0 aliphatic rings. The van der Waals surface area contributed by atoms with Gasteiger partial charge >= 0.3 is 0 Å². The molecule has 0 radical (unpaired) electrons. The molecule has 1 aromatic heterocycles. The minimum Gasteiger partial charge on any atom is -0.257 e. The summed E-state index contributed by atoms with van der Waals surface area (Å²) in [5.74, 6) is 0. The van der Waals surface area contributed by atoms with Crippen molar-refractivity contribution in [3.05, 3.63) is 77.6 Å². The quantitative estimate of drug-likeness (QED) is 0.710. The van der Waals surface area contributed by atoms with Crippen molar-refractivity contribution in [2.45, 2.75) is 6.92 Å². The van der Waals surface area contributed by atoms with Crippen LogP contribution in [-0.2, 0) is 0 Å². The molecule has 0 N–H and O–H groups in total. The van der Waals surface area contributed by atoms with Crippen molar-refractivity contribution in [3.63, 3.8) is 0 Å². The van der Waals surface area contributed by atoms with Gasteiger partial charge < -0.3 is 0 Å². The second-order valence-corrected chi connectivity index (χ2v) is 3.83. The van der Waals surface area contributed by atoms with E-state index in [-0.39, 0.29) is 0 Å². The fraction of sp³-hybridized carbons (Fsp3) is 0.0625. The molecular formula is C16H15N. The molecule has 1 heteroatoms. The van der Waals surface area contributed by atoms with Crippen molar-refractivity contribution >= 4 is 12.2 Å². The van der Waals surface area contributed by atoms with Crippen LogP contribution in [0.1, 0.15) is 16.8 Å². The van der Waals surface area contributed by atoms with Crippen molar-refractivity contribution in [3.8, 4) is 0 Å². The van der Waals surface area contributed by atoms with Gasteiger partial charge in [-0.15, -0.1) is 0 Å². The van der Waals surface area contributed by atoms with Crippen molar-refractivity contribution in [2.24, 2.45) is 0 Å². The van der Waals surface area contributed by atoms with E-state index in [4.69, 9.17) is 0 Å². The predicted octanol–water partition coefficient (Wildman–Crippen LogP) is 4.12. The predicted molar refractivity (Wildman–Crippen MR) is 73.5 cm³/mol. The van der Waals surface area contributed by atoms with Gasteiger partial charge in [-0.05, 0) is 30.2 Å². The lowest BCUT2D eigenvalue weighted by atomic mass is 10.2. The molecule has 0 saturated heterocycles. The first-order chi connectivity index (χ1) is 8.36. The zero-order valence-corrected chi connectivity index (χ0v) is 9.88. The first-order valence-corrected chi connectivity index (χ1v) is 5.68. The lowest BCUT2D eigenvalue weighted by Crippen LogP contribution is -1.83. The number of pyridine rings is 1. The van der Waals surface area contributed by atoms with E-state index in [9.17, 15) is 0 Å². The van der Waals surface area contributed by atoms with E-state index < -0.39 is 0 Å². The summed E-state index contributed by atoms with van der Waals surface area (Å²) in [6.07, 6.45) is 9.96. The molecule has 0 unspecified atom stereocenters. The fourth-order valence-corrected chi connectivity index (χ4v) is 1.55. The third-order valence-electron chi connectivity index (χ3n) is 2.50. The molecule has 2 aromatic rings. The molecule has 0 aliphatic heterocycles. The summed E-state index contributed by atoms with van der Waals surface area (Å²) in [5, 5.41) is 0. The summed E-state index contributed by atoms with van der Waals surface area (Å²) in [4.78, 5) is 4.30. The Kier molecular flexibility index (Phi) is 3.87. The summed E-state index contributed by atoms with van der Waals surface area (Å²) in [6.45, 7) is 2.06. The lowest BCUT2D eigenvalue weighted by Gasteiger charge is -1.95. The van der Waals surface area contributed by atoms with E-state index >= 15 is 0 Å². The van der Waals surface area contributed by atoms with E-state index in [0.29, 0.717) is 0 Å². The number of hydrogen-bond donors (Lipinski definition) is 0. The van der Waals surface area contributed by atoms with Crippen LogP contribution in [0.25, 0.3) is 12.2 Å². The summed E-state index contributed by atoms with van der Waals surface area (Å²) in [7, 11) is 0. The number of aryl methyl sites for hydroxylation is 1. The van der Waals surface area contributed by atoms with Gasteiger partial charge in [0, 0.05) is 6.20 Å². The minimum atomic E-state index is 1.02. The van der Waals surface area contributed by atoms with E-state index in [1.54, 1.807) is 0 Å². The number of nitrogens with zero attached hydrogens (tertiary/aromatic N) is 1. The van der Waals surface area contributed by atoms with E-state index in [0.717, 1.165) is 5.69 Å². The summed E-state index contributed by atoms with van der Waals surface area (Å²) >= 11 is 0. The van der Waals surface area contributed by atoms with Crippen LogP contribution in [0.15, 0.2) is 60.8 Å². The van der Waals surface area contributed by atoms with Crippen LogP contribution in [0, 0.1) is 6.92 Å². The standard InChI is InChI=1S/C16H15N/c1-14-8-7-13-17-16(14)12-6-5-11-15-9-3-2-4-10-15/h2-13H,1H3. The second-order valence-electron chi connectivity index (χ2n) is 3.83. The van der Waals surface area contributed by atoms with Gasteiger partial charge in [-0.25, -0.2) is 0 Å². The maximum absolute atomic E-state index is 4.30. The lowest BCUT2D eigenvalue weighted by molar-refractivity contribution is 1.24. The Morgan fingerprint density at radius 2 is 1.65 bits per heavy atom. The van der Waals surface area contributed by atoms with Crippen molar-refractivity contribution in [1.29, 1.82) is 0 Å². The third-order valence-corrected chi connectivity index (χ3v) is 2.50. The first kappa shape index (κ1) is 11.3. The van der Waals surface area contributed by atoms with Gasteiger partial charge in [0.1, 0.15) is 0 Å². The van der Waals surface area contributed by atoms with Crippen molar-refractivity contribution < 1.29 is 0 Å². The van der Waals surface area contributed by atoms with Gasteiger partial charge in [-0.2, -0.15) is 0 Å². The van der Waals surface area contributed by atoms with E-state index in [1.807, 2.05) is 48.7 Å². The molecular weight excluding hydrogens is 206 g/mol.